The average Bonchev–Trinajstić information content (AvgIpc) is 2.71. The predicted molar refractivity (Wildman–Crippen MR) is 124 cm³/mol. The van der Waals surface area contributed by atoms with E-state index < -0.39 is 5.54 Å². The summed E-state index contributed by atoms with van der Waals surface area (Å²) in [6.45, 7) is 8.12. The van der Waals surface area contributed by atoms with Gasteiger partial charge in [-0.3, -0.25) is 14.5 Å². The van der Waals surface area contributed by atoms with Crippen molar-refractivity contribution in [1.29, 1.82) is 0 Å². The van der Waals surface area contributed by atoms with E-state index in [0.717, 1.165) is 5.56 Å². The third kappa shape index (κ3) is 5.25. The molecule has 0 aliphatic carbocycles. The number of hydrogen-bond donors (Lipinski definition) is 2. The van der Waals surface area contributed by atoms with Crippen molar-refractivity contribution < 1.29 is 9.59 Å². The zero-order valence-electron chi connectivity index (χ0n) is 18.4. The van der Waals surface area contributed by atoms with Gasteiger partial charge >= 0.3 is 0 Å². The minimum Gasteiger partial charge on any atom is -0.369 e. The molecule has 2 aromatic carbocycles. The van der Waals surface area contributed by atoms with Gasteiger partial charge in [0.25, 0.3) is 5.91 Å². The Kier molecular flexibility index (Phi) is 6.70. The Morgan fingerprint density at radius 2 is 1.90 bits per heavy atom. The van der Waals surface area contributed by atoms with Gasteiger partial charge in [-0.1, -0.05) is 55.8 Å². The van der Waals surface area contributed by atoms with Gasteiger partial charge in [0.1, 0.15) is 0 Å². The van der Waals surface area contributed by atoms with E-state index >= 15 is 0 Å². The fourth-order valence-corrected chi connectivity index (χ4v) is 3.81. The van der Waals surface area contributed by atoms with Crippen LogP contribution in [-0.4, -0.2) is 28.2 Å². The Bertz CT molecular complexity index is 1010. The summed E-state index contributed by atoms with van der Waals surface area (Å²) in [5, 5.41) is 3.40. The molecule has 0 unspecified atom stereocenters. The highest BCUT2D eigenvalue weighted by molar-refractivity contribution is 6.31. The predicted octanol–water partition coefficient (Wildman–Crippen LogP) is 4.29. The van der Waals surface area contributed by atoms with E-state index in [1.807, 2.05) is 58.0 Å². The summed E-state index contributed by atoms with van der Waals surface area (Å²) in [6.07, 6.45) is 0.286. The molecule has 0 fully saturated rings. The van der Waals surface area contributed by atoms with E-state index in [9.17, 15) is 9.59 Å². The molecule has 0 spiro atoms. The minimum absolute atomic E-state index is 0.0904. The fourth-order valence-electron chi connectivity index (χ4n) is 3.55. The van der Waals surface area contributed by atoms with Crippen LogP contribution in [0.5, 0.6) is 0 Å². The Morgan fingerprint density at radius 3 is 2.52 bits per heavy atom. The number of carbonyl (C=O) groups is 2. The van der Waals surface area contributed by atoms with Gasteiger partial charge in [-0.05, 0) is 49.1 Å². The molecule has 31 heavy (non-hydrogen) atoms. The average molecular weight is 441 g/mol. The lowest BCUT2D eigenvalue weighted by Gasteiger charge is -2.37. The number of aliphatic imine (C=N–C) groups is 1. The van der Waals surface area contributed by atoms with Gasteiger partial charge in [-0.25, -0.2) is 4.99 Å². The number of halogens is 1. The van der Waals surface area contributed by atoms with Crippen LogP contribution in [0.3, 0.4) is 0 Å². The summed E-state index contributed by atoms with van der Waals surface area (Å²) in [7, 11) is 0. The van der Waals surface area contributed by atoms with Crippen LogP contribution in [0, 0.1) is 5.92 Å². The highest BCUT2D eigenvalue weighted by atomic mass is 35.5. The highest BCUT2D eigenvalue weighted by Crippen LogP contribution is 2.30. The topological polar surface area (TPSA) is 87.8 Å². The maximum Gasteiger partial charge on any atom is 0.251 e. The SMILES string of the molecule is CC(C)[C@]1(C)CC(=O)N(Cc2cc(Cl)cc(C(=O)N[C@@H](C)c3ccccc3)c2)C(N)=N1. The molecule has 0 radical (unpaired) electrons. The molecule has 1 aliphatic heterocycles. The Balaban J connectivity index is 1.78. The number of carbonyl (C=O) groups excluding carboxylic acids is 2. The number of benzene rings is 2. The molecule has 6 nitrogen and oxygen atoms in total. The van der Waals surface area contributed by atoms with Gasteiger partial charge in [-0.2, -0.15) is 0 Å². The second-order valence-electron chi connectivity index (χ2n) is 8.59. The second-order valence-corrected chi connectivity index (χ2v) is 9.03. The fraction of sp³-hybridized carbons (Fsp3) is 0.375. The maximum absolute atomic E-state index is 12.8. The van der Waals surface area contributed by atoms with E-state index in [1.54, 1.807) is 18.2 Å². The maximum atomic E-state index is 12.8. The van der Waals surface area contributed by atoms with Crippen molar-refractivity contribution in [3.63, 3.8) is 0 Å². The minimum atomic E-state index is -0.509. The lowest BCUT2D eigenvalue weighted by molar-refractivity contribution is -0.130. The molecule has 0 aromatic heterocycles. The van der Waals surface area contributed by atoms with Gasteiger partial charge in [0.05, 0.1) is 24.5 Å². The van der Waals surface area contributed by atoms with Crippen LogP contribution in [-0.2, 0) is 11.3 Å². The molecular formula is C24H29ClN4O2. The number of guanidine groups is 1. The van der Waals surface area contributed by atoms with Crippen molar-refractivity contribution in [2.75, 3.05) is 0 Å². The molecule has 0 saturated heterocycles. The molecule has 3 N–H and O–H groups in total. The Morgan fingerprint density at radius 1 is 1.23 bits per heavy atom. The molecule has 164 valence electrons. The smallest absolute Gasteiger partial charge is 0.251 e. The second kappa shape index (κ2) is 9.10. The first-order valence-electron chi connectivity index (χ1n) is 10.4. The number of nitrogens with one attached hydrogen (secondary N) is 1. The largest absolute Gasteiger partial charge is 0.369 e. The highest BCUT2D eigenvalue weighted by Gasteiger charge is 2.38. The third-order valence-electron chi connectivity index (χ3n) is 5.91. The number of rotatable bonds is 6. The van der Waals surface area contributed by atoms with Crippen molar-refractivity contribution in [2.24, 2.45) is 16.6 Å². The molecule has 1 heterocycles. The molecule has 1 aliphatic rings. The molecule has 3 rings (SSSR count). The summed E-state index contributed by atoms with van der Waals surface area (Å²) in [6, 6.07) is 14.6. The lowest BCUT2D eigenvalue weighted by atomic mass is 9.84. The van der Waals surface area contributed by atoms with Crippen molar-refractivity contribution >= 4 is 29.4 Å². The Labute approximate surface area is 188 Å². The zero-order valence-corrected chi connectivity index (χ0v) is 19.1. The summed E-state index contributed by atoms with van der Waals surface area (Å²) in [4.78, 5) is 31.6. The standard InChI is InChI=1S/C24H29ClN4O2/c1-15(2)24(4)13-21(30)29(23(26)28-24)14-17-10-19(12-20(25)11-17)22(31)27-16(3)18-8-6-5-7-9-18/h5-12,15-16H,13-14H2,1-4H3,(H2,26,28)(H,27,31)/t16-,24-/m0/s1. The molecule has 7 heteroatoms. The molecule has 2 atom stereocenters. The van der Waals surface area contributed by atoms with Crippen LogP contribution < -0.4 is 11.1 Å². The monoisotopic (exact) mass is 440 g/mol. The molecule has 2 amide bonds. The van der Waals surface area contributed by atoms with Gasteiger partial charge < -0.3 is 11.1 Å². The number of amides is 2. The van der Waals surface area contributed by atoms with E-state index in [4.69, 9.17) is 17.3 Å². The van der Waals surface area contributed by atoms with Crippen molar-refractivity contribution in [2.45, 2.75) is 52.2 Å². The summed E-state index contributed by atoms with van der Waals surface area (Å²) in [5.74, 6) is 0.0489. The first-order valence-corrected chi connectivity index (χ1v) is 10.8. The number of nitrogens with two attached hydrogens (primary N) is 1. The first kappa shape index (κ1) is 22.8. The van der Waals surface area contributed by atoms with Crippen LogP contribution >= 0.6 is 11.6 Å². The normalized spacial score (nSPS) is 19.9. The van der Waals surface area contributed by atoms with Gasteiger partial charge in [0.2, 0.25) is 5.91 Å². The van der Waals surface area contributed by atoms with Crippen LogP contribution in [0.1, 0.15) is 61.6 Å². The summed E-state index contributed by atoms with van der Waals surface area (Å²) in [5.41, 5.74) is 7.78. The van der Waals surface area contributed by atoms with Gasteiger partial charge in [0.15, 0.2) is 5.96 Å². The van der Waals surface area contributed by atoms with Crippen molar-refractivity contribution in [3.05, 3.63) is 70.2 Å². The van der Waals surface area contributed by atoms with Gasteiger partial charge in [0, 0.05) is 10.6 Å². The third-order valence-corrected chi connectivity index (χ3v) is 6.13. The van der Waals surface area contributed by atoms with E-state index in [-0.39, 0.29) is 42.7 Å². The molecular weight excluding hydrogens is 412 g/mol. The zero-order chi connectivity index (χ0) is 22.8. The van der Waals surface area contributed by atoms with Gasteiger partial charge in [-0.15, -0.1) is 0 Å². The van der Waals surface area contributed by atoms with Crippen molar-refractivity contribution in [1.82, 2.24) is 10.2 Å². The number of nitrogens with zero attached hydrogens (tertiary/aromatic N) is 2. The summed E-state index contributed by atoms with van der Waals surface area (Å²) >= 11 is 6.28. The molecule has 2 aromatic rings. The van der Waals surface area contributed by atoms with Crippen molar-refractivity contribution in [3.8, 4) is 0 Å². The first-order chi connectivity index (χ1) is 14.6. The van der Waals surface area contributed by atoms with E-state index in [2.05, 4.69) is 10.3 Å². The van der Waals surface area contributed by atoms with E-state index in [1.165, 1.54) is 4.90 Å². The van der Waals surface area contributed by atoms with Crippen LogP contribution in [0.15, 0.2) is 53.5 Å². The summed E-state index contributed by atoms with van der Waals surface area (Å²) < 4.78 is 0. The Hall–Kier alpha value is -2.86. The van der Waals surface area contributed by atoms with Crippen LogP contribution in [0.2, 0.25) is 5.02 Å². The number of hydrogen-bond acceptors (Lipinski definition) is 4. The van der Waals surface area contributed by atoms with E-state index in [0.29, 0.717) is 16.1 Å². The quantitative estimate of drug-likeness (QED) is 0.702. The molecule has 0 bridgehead atoms. The van der Waals surface area contributed by atoms with Crippen LogP contribution in [0.4, 0.5) is 0 Å². The molecule has 0 saturated carbocycles. The van der Waals surface area contributed by atoms with Crippen LogP contribution in [0.25, 0.3) is 0 Å². The lowest BCUT2D eigenvalue weighted by Crippen LogP contribution is -2.51.